The highest BCUT2D eigenvalue weighted by Crippen LogP contribution is 2.32. The lowest BCUT2D eigenvalue weighted by molar-refractivity contribution is -0.118. The van der Waals surface area contributed by atoms with Gasteiger partial charge in [0.25, 0.3) is 0 Å². The van der Waals surface area contributed by atoms with E-state index in [4.69, 9.17) is 9.47 Å². The van der Waals surface area contributed by atoms with Gasteiger partial charge in [0.1, 0.15) is 11.5 Å². The van der Waals surface area contributed by atoms with Gasteiger partial charge in [0.15, 0.2) is 15.0 Å². The number of hydrogen-bond donors (Lipinski definition) is 0. The monoisotopic (exact) mass is 500 g/mol. The number of methoxy groups -OCH3 is 2. The minimum Gasteiger partial charge on any atom is -0.497 e. The van der Waals surface area contributed by atoms with Crippen LogP contribution in [0.15, 0.2) is 65.8 Å². The summed E-state index contributed by atoms with van der Waals surface area (Å²) in [6.07, 6.45) is 3.30. The van der Waals surface area contributed by atoms with Crippen LogP contribution in [0.1, 0.15) is 6.42 Å². The van der Waals surface area contributed by atoms with Gasteiger partial charge < -0.3 is 9.47 Å². The molecule has 0 bridgehead atoms. The van der Waals surface area contributed by atoms with Crippen LogP contribution in [0.4, 0.5) is 5.13 Å². The molecule has 1 amide bonds. The standard InChI is InChI=1S/C23H24N4O5S2/c1-31-17-4-7-19(8-5-17)34(29,30)15-10-22(28)27(14-13-26-12-3-11-24-26)23-25-20-9-6-18(32-2)16-21(20)33-23/h3-9,11-12,16H,10,13-15H2,1-2H3. The number of rotatable bonds is 10. The molecular weight excluding hydrogens is 476 g/mol. The van der Waals surface area contributed by atoms with Crippen molar-refractivity contribution >= 4 is 42.4 Å². The normalized spacial score (nSPS) is 11.5. The van der Waals surface area contributed by atoms with Gasteiger partial charge in [-0.2, -0.15) is 5.10 Å². The van der Waals surface area contributed by atoms with Crippen LogP contribution in [-0.4, -0.2) is 55.6 Å². The first-order chi connectivity index (χ1) is 16.4. The summed E-state index contributed by atoms with van der Waals surface area (Å²) < 4.78 is 38.5. The molecule has 178 valence electrons. The van der Waals surface area contributed by atoms with Gasteiger partial charge in [-0.15, -0.1) is 0 Å². The molecule has 0 aliphatic carbocycles. The predicted octanol–water partition coefficient (Wildman–Crippen LogP) is 3.41. The first-order valence-corrected chi connectivity index (χ1v) is 13.0. The minimum absolute atomic E-state index is 0.149. The van der Waals surface area contributed by atoms with Crippen LogP contribution < -0.4 is 14.4 Å². The van der Waals surface area contributed by atoms with Crippen LogP contribution in [0.5, 0.6) is 11.5 Å². The molecule has 0 saturated heterocycles. The quantitative estimate of drug-likeness (QED) is 0.329. The van der Waals surface area contributed by atoms with Gasteiger partial charge in [-0.3, -0.25) is 14.4 Å². The van der Waals surface area contributed by atoms with Crippen molar-refractivity contribution in [3.63, 3.8) is 0 Å². The van der Waals surface area contributed by atoms with Crippen LogP contribution >= 0.6 is 11.3 Å². The molecule has 0 aliphatic heterocycles. The lowest BCUT2D eigenvalue weighted by atomic mass is 10.3. The van der Waals surface area contributed by atoms with Crippen LogP contribution in [-0.2, 0) is 21.2 Å². The molecule has 9 nitrogen and oxygen atoms in total. The van der Waals surface area contributed by atoms with E-state index in [9.17, 15) is 13.2 Å². The zero-order valence-corrected chi connectivity index (χ0v) is 20.4. The van der Waals surface area contributed by atoms with E-state index in [0.29, 0.717) is 29.7 Å². The zero-order valence-electron chi connectivity index (χ0n) is 18.7. The number of anilines is 1. The SMILES string of the molecule is COc1ccc(S(=O)(=O)CCC(=O)N(CCn2cccn2)c2nc3ccc(OC)cc3s2)cc1. The first kappa shape index (κ1) is 23.7. The summed E-state index contributed by atoms with van der Waals surface area (Å²) in [5, 5.41) is 4.69. The molecule has 4 rings (SSSR count). The highest BCUT2D eigenvalue weighted by molar-refractivity contribution is 7.91. The third-order valence-corrected chi connectivity index (χ3v) is 8.00. The van der Waals surface area contributed by atoms with Gasteiger partial charge in [-0.05, 0) is 48.5 Å². The average molecular weight is 501 g/mol. The summed E-state index contributed by atoms with van der Waals surface area (Å²) in [6, 6.07) is 13.4. The molecule has 2 heterocycles. The number of carbonyl (C=O) groups excluding carboxylic acids is 1. The van der Waals surface area contributed by atoms with Crippen LogP contribution in [0.3, 0.4) is 0 Å². The number of sulfone groups is 1. The van der Waals surface area contributed by atoms with Crippen LogP contribution in [0.2, 0.25) is 0 Å². The number of nitrogens with zero attached hydrogens (tertiary/aromatic N) is 4. The topological polar surface area (TPSA) is 104 Å². The fourth-order valence-corrected chi connectivity index (χ4v) is 5.62. The molecule has 4 aromatic rings. The lowest BCUT2D eigenvalue weighted by Gasteiger charge is -2.20. The number of aromatic nitrogens is 3. The Bertz CT molecular complexity index is 1370. The Balaban J connectivity index is 1.54. The van der Waals surface area contributed by atoms with Gasteiger partial charge in [0.2, 0.25) is 5.91 Å². The molecule has 11 heteroatoms. The zero-order chi connectivity index (χ0) is 24.1. The van der Waals surface area contributed by atoms with Gasteiger partial charge >= 0.3 is 0 Å². The Morgan fingerprint density at radius 3 is 2.50 bits per heavy atom. The van der Waals surface area contributed by atoms with E-state index in [1.165, 1.54) is 35.5 Å². The summed E-state index contributed by atoms with van der Waals surface area (Å²) in [5.74, 6) is 0.625. The highest BCUT2D eigenvalue weighted by atomic mass is 32.2. The second-order valence-corrected chi connectivity index (χ2v) is 10.5. The molecule has 34 heavy (non-hydrogen) atoms. The maximum Gasteiger partial charge on any atom is 0.229 e. The van der Waals surface area contributed by atoms with Crippen LogP contribution in [0, 0.1) is 0 Å². The summed E-state index contributed by atoms with van der Waals surface area (Å²) >= 11 is 1.36. The molecule has 0 fully saturated rings. The third kappa shape index (κ3) is 5.37. The molecule has 0 atom stereocenters. The largest absolute Gasteiger partial charge is 0.497 e. The van der Waals surface area contributed by atoms with E-state index < -0.39 is 9.84 Å². The summed E-state index contributed by atoms with van der Waals surface area (Å²) in [7, 11) is -0.540. The Kier molecular flexibility index (Phi) is 7.13. The average Bonchev–Trinajstić information content (AvgIpc) is 3.52. The Labute approximate surface area is 201 Å². The summed E-state index contributed by atoms with van der Waals surface area (Å²) in [4.78, 5) is 19.5. The highest BCUT2D eigenvalue weighted by Gasteiger charge is 2.23. The number of hydrogen-bond acceptors (Lipinski definition) is 8. The van der Waals surface area contributed by atoms with E-state index in [2.05, 4.69) is 10.1 Å². The van der Waals surface area contributed by atoms with E-state index >= 15 is 0 Å². The number of ether oxygens (including phenoxy) is 2. The third-order valence-electron chi connectivity index (χ3n) is 5.23. The van der Waals surface area contributed by atoms with Crippen molar-refractivity contribution in [1.29, 1.82) is 0 Å². The molecular formula is C23H24N4O5S2. The summed E-state index contributed by atoms with van der Waals surface area (Å²) in [6.45, 7) is 0.753. The van der Waals surface area contributed by atoms with Crippen molar-refractivity contribution in [3.8, 4) is 11.5 Å². The summed E-state index contributed by atoms with van der Waals surface area (Å²) in [5.41, 5.74) is 0.739. The number of benzene rings is 2. The van der Waals surface area contributed by atoms with Gasteiger partial charge in [0.05, 0.1) is 41.6 Å². The lowest BCUT2D eigenvalue weighted by Crippen LogP contribution is -2.35. The van der Waals surface area contributed by atoms with E-state index in [-0.39, 0.29) is 23.0 Å². The number of thiazole rings is 1. The molecule has 0 aliphatic rings. The molecule has 0 N–H and O–H groups in total. The van der Waals surface area contributed by atoms with Crippen molar-refractivity contribution in [2.75, 3.05) is 31.4 Å². The smallest absolute Gasteiger partial charge is 0.229 e. The molecule has 2 aromatic heterocycles. The molecule has 2 aromatic carbocycles. The van der Waals surface area contributed by atoms with Crippen molar-refractivity contribution in [2.24, 2.45) is 0 Å². The van der Waals surface area contributed by atoms with Crippen molar-refractivity contribution in [1.82, 2.24) is 14.8 Å². The predicted molar refractivity (Wildman–Crippen MR) is 130 cm³/mol. The Morgan fingerprint density at radius 1 is 1.09 bits per heavy atom. The number of amides is 1. The Hall–Kier alpha value is -3.44. The first-order valence-electron chi connectivity index (χ1n) is 10.5. The van der Waals surface area contributed by atoms with Crippen molar-refractivity contribution in [3.05, 3.63) is 60.9 Å². The Morgan fingerprint density at radius 2 is 1.82 bits per heavy atom. The van der Waals surface area contributed by atoms with Gasteiger partial charge in [-0.1, -0.05) is 11.3 Å². The second kappa shape index (κ2) is 10.2. The number of carbonyl (C=O) groups is 1. The van der Waals surface area contributed by atoms with Gasteiger partial charge in [-0.25, -0.2) is 13.4 Å². The maximum atomic E-state index is 13.2. The fourth-order valence-electron chi connectivity index (χ4n) is 3.35. The second-order valence-electron chi connectivity index (χ2n) is 7.39. The molecule has 0 radical (unpaired) electrons. The molecule has 0 saturated carbocycles. The van der Waals surface area contributed by atoms with Gasteiger partial charge in [0, 0.05) is 25.4 Å². The maximum absolute atomic E-state index is 13.2. The van der Waals surface area contributed by atoms with Crippen LogP contribution in [0.25, 0.3) is 10.2 Å². The van der Waals surface area contributed by atoms with E-state index in [0.717, 1.165) is 10.2 Å². The molecule has 0 spiro atoms. The fraction of sp³-hybridized carbons (Fsp3) is 0.261. The van der Waals surface area contributed by atoms with Crippen molar-refractivity contribution < 1.29 is 22.7 Å². The van der Waals surface area contributed by atoms with E-state index in [1.54, 1.807) is 42.4 Å². The minimum atomic E-state index is -3.64. The van der Waals surface area contributed by atoms with E-state index in [1.807, 2.05) is 18.2 Å². The number of fused-ring (bicyclic) bond motifs is 1. The molecule has 0 unspecified atom stereocenters. The van der Waals surface area contributed by atoms with Crippen molar-refractivity contribution in [2.45, 2.75) is 17.9 Å².